The zero-order valence-corrected chi connectivity index (χ0v) is 17.7. The first-order valence-corrected chi connectivity index (χ1v) is 8.61. The van der Waals surface area contributed by atoms with E-state index in [0.29, 0.717) is 11.9 Å². The normalized spacial score (nSPS) is 12.1. The van der Waals surface area contributed by atoms with Crippen molar-refractivity contribution in [3.05, 3.63) is 24.3 Å². The van der Waals surface area contributed by atoms with E-state index in [-0.39, 0.29) is 24.0 Å². The molecule has 0 saturated carbocycles. The van der Waals surface area contributed by atoms with Gasteiger partial charge in [-0.2, -0.15) is 11.8 Å². The number of nitrogens with one attached hydrogen (secondary N) is 1. The van der Waals surface area contributed by atoms with Crippen LogP contribution in [0, 0.1) is 0 Å². The summed E-state index contributed by atoms with van der Waals surface area (Å²) in [6.45, 7) is 4.45. The fourth-order valence-corrected chi connectivity index (χ4v) is 2.03. The molecule has 0 spiro atoms. The molecule has 0 saturated heterocycles. The minimum absolute atomic E-state index is 0. The molecule has 1 atom stereocenters. The maximum Gasteiger partial charge on any atom is 0.193 e. The van der Waals surface area contributed by atoms with Gasteiger partial charge >= 0.3 is 0 Å². The molecule has 132 valence electrons. The highest BCUT2D eigenvalue weighted by Crippen LogP contribution is 2.16. The number of rotatable bonds is 8. The topological polar surface area (TPSA) is 46.1 Å². The summed E-state index contributed by atoms with van der Waals surface area (Å²) in [5, 5.41) is 3.92. The Hall–Kier alpha value is -0.830. The van der Waals surface area contributed by atoms with Crippen LogP contribution in [0.4, 0.5) is 0 Å². The molecule has 1 aromatic rings. The van der Waals surface area contributed by atoms with Crippen molar-refractivity contribution in [2.24, 2.45) is 4.99 Å². The van der Waals surface area contributed by atoms with Crippen molar-refractivity contribution in [2.45, 2.75) is 12.2 Å². The lowest BCUT2D eigenvalue weighted by molar-refractivity contribution is 0.281. The first-order chi connectivity index (χ1) is 10.6. The Balaban J connectivity index is 0.00000484. The quantitative estimate of drug-likeness (QED) is 0.373. The largest absolute Gasteiger partial charge is 0.497 e. The first kappa shape index (κ1) is 22.2. The Bertz CT molecular complexity index is 457. The lowest BCUT2D eigenvalue weighted by Gasteiger charge is -2.23. The third-order valence-corrected chi connectivity index (χ3v) is 4.25. The van der Waals surface area contributed by atoms with Crippen LogP contribution in [0.15, 0.2) is 29.3 Å². The number of hydrogen-bond donors (Lipinski definition) is 1. The molecule has 5 nitrogen and oxygen atoms in total. The highest BCUT2D eigenvalue weighted by Gasteiger charge is 2.07. The smallest absolute Gasteiger partial charge is 0.193 e. The Morgan fingerprint density at radius 1 is 1.30 bits per heavy atom. The van der Waals surface area contributed by atoms with E-state index in [1.54, 1.807) is 14.2 Å². The van der Waals surface area contributed by atoms with E-state index in [0.717, 1.165) is 30.5 Å². The van der Waals surface area contributed by atoms with Crippen LogP contribution < -0.4 is 14.8 Å². The Morgan fingerprint density at radius 3 is 2.43 bits per heavy atom. The molecular formula is C16H28IN3O2S. The van der Waals surface area contributed by atoms with Gasteiger partial charge in [0.1, 0.15) is 18.1 Å². The molecule has 0 heterocycles. The molecule has 1 unspecified atom stereocenters. The van der Waals surface area contributed by atoms with Crippen LogP contribution in [0.25, 0.3) is 0 Å². The second-order valence-electron chi connectivity index (χ2n) is 4.92. The second kappa shape index (κ2) is 12.6. The molecule has 23 heavy (non-hydrogen) atoms. The molecule has 0 radical (unpaired) electrons. The predicted octanol–water partition coefficient (Wildman–Crippen LogP) is 2.95. The number of thioether (sulfide) groups is 1. The number of likely N-dealkylation sites (N-methyl/N-ethyl adjacent to an activating group) is 1. The Labute approximate surface area is 161 Å². The third kappa shape index (κ3) is 8.55. The summed E-state index contributed by atoms with van der Waals surface area (Å²) in [6, 6.07) is 7.60. The van der Waals surface area contributed by atoms with E-state index in [1.165, 1.54) is 0 Å². The second-order valence-corrected chi connectivity index (χ2v) is 6.20. The lowest BCUT2D eigenvalue weighted by Crippen LogP contribution is -2.42. The number of hydrogen-bond acceptors (Lipinski definition) is 4. The summed E-state index contributed by atoms with van der Waals surface area (Å²) in [4.78, 5) is 6.36. The summed E-state index contributed by atoms with van der Waals surface area (Å²) in [6.07, 6.45) is 2.11. The van der Waals surface area contributed by atoms with Crippen LogP contribution in [-0.2, 0) is 0 Å². The average Bonchev–Trinajstić information content (AvgIpc) is 2.55. The highest BCUT2D eigenvalue weighted by molar-refractivity contribution is 14.0. The molecule has 1 aromatic carbocycles. The molecular weight excluding hydrogens is 425 g/mol. The zero-order valence-electron chi connectivity index (χ0n) is 14.5. The van der Waals surface area contributed by atoms with Crippen molar-refractivity contribution < 1.29 is 9.47 Å². The van der Waals surface area contributed by atoms with Crippen molar-refractivity contribution in [3.63, 3.8) is 0 Å². The van der Waals surface area contributed by atoms with Gasteiger partial charge in [0.25, 0.3) is 0 Å². The number of aliphatic imine (C=N–C) groups is 1. The van der Waals surface area contributed by atoms with Gasteiger partial charge in [0.05, 0.1) is 13.7 Å². The van der Waals surface area contributed by atoms with E-state index in [2.05, 4.69) is 28.4 Å². The first-order valence-electron chi connectivity index (χ1n) is 7.32. The van der Waals surface area contributed by atoms with Crippen LogP contribution in [0.5, 0.6) is 11.5 Å². The van der Waals surface area contributed by atoms with Crippen molar-refractivity contribution in [3.8, 4) is 11.5 Å². The number of guanidine groups is 1. The van der Waals surface area contributed by atoms with E-state index in [1.807, 2.05) is 43.1 Å². The maximum atomic E-state index is 5.73. The van der Waals surface area contributed by atoms with Crippen LogP contribution in [0.1, 0.15) is 6.92 Å². The van der Waals surface area contributed by atoms with Gasteiger partial charge in [-0.05, 0) is 30.5 Å². The summed E-state index contributed by atoms with van der Waals surface area (Å²) < 4.78 is 10.9. The lowest BCUT2D eigenvalue weighted by atomic mass is 10.3. The van der Waals surface area contributed by atoms with Crippen LogP contribution in [0.2, 0.25) is 0 Å². The number of methoxy groups -OCH3 is 1. The number of benzene rings is 1. The maximum absolute atomic E-state index is 5.73. The molecule has 0 aliphatic rings. The molecule has 0 aliphatic heterocycles. The fraction of sp³-hybridized carbons (Fsp3) is 0.562. The minimum atomic E-state index is 0. The summed E-state index contributed by atoms with van der Waals surface area (Å²) in [5.74, 6) is 2.56. The van der Waals surface area contributed by atoms with Crippen LogP contribution in [-0.4, -0.2) is 63.3 Å². The molecule has 0 amide bonds. The van der Waals surface area contributed by atoms with Crippen molar-refractivity contribution in [1.82, 2.24) is 10.2 Å². The predicted molar refractivity (Wildman–Crippen MR) is 111 cm³/mol. The minimum Gasteiger partial charge on any atom is -0.497 e. The number of halogens is 1. The molecule has 0 aliphatic carbocycles. The Kier molecular flexibility index (Phi) is 12.1. The van der Waals surface area contributed by atoms with Gasteiger partial charge < -0.3 is 19.7 Å². The summed E-state index contributed by atoms with van der Waals surface area (Å²) in [5.41, 5.74) is 0. The van der Waals surface area contributed by atoms with Crippen molar-refractivity contribution in [1.29, 1.82) is 0 Å². The van der Waals surface area contributed by atoms with Gasteiger partial charge in [-0.15, -0.1) is 24.0 Å². The van der Waals surface area contributed by atoms with Gasteiger partial charge in [-0.1, -0.05) is 6.92 Å². The van der Waals surface area contributed by atoms with Gasteiger partial charge in [0.2, 0.25) is 0 Å². The zero-order chi connectivity index (χ0) is 16.4. The van der Waals surface area contributed by atoms with Gasteiger partial charge in [0, 0.05) is 25.9 Å². The van der Waals surface area contributed by atoms with Crippen LogP contribution >= 0.6 is 35.7 Å². The molecule has 0 aromatic heterocycles. The van der Waals surface area contributed by atoms with Crippen molar-refractivity contribution in [2.75, 3.05) is 47.2 Å². The monoisotopic (exact) mass is 453 g/mol. The fourth-order valence-electron chi connectivity index (χ4n) is 1.78. The number of nitrogens with zero attached hydrogens (tertiary/aromatic N) is 2. The number of ether oxygens (including phenoxy) is 2. The highest BCUT2D eigenvalue weighted by atomic mass is 127. The summed E-state index contributed by atoms with van der Waals surface area (Å²) in [7, 11) is 5.46. The SMILES string of the molecule is CN=C(NCC(C)SC)N(C)CCOc1ccc(OC)cc1.I. The van der Waals surface area contributed by atoms with Crippen molar-refractivity contribution >= 4 is 41.7 Å². The summed E-state index contributed by atoms with van der Waals surface area (Å²) >= 11 is 1.84. The molecule has 0 bridgehead atoms. The van der Waals surface area contributed by atoms with E-state index >= 15 is 0 Å². The molecule has 1 rings (SSSR count). The third-order valence-electron chi connectivity index (χ3n) is 3.28. The molecule has 7 heteroatoms. The van der Waals surface area contributed by atoms with Gasteiger partial charge in [-0.25, -0.2) is 0 Å². The van der Waals surface area contributed by atoms with E-state index < -0.39 is 0 Å². The van der Waals surface area contributed by atoms with Gasteiger partial charge in [-0.3, -0.25) is 4.99 Å². The Morgan fingerprint density at radius 2 is 1.91 bits per heavy atom. The standard InChI is InChI=1S/C16H27N3O2S.HI/c1-13(22-5)12-18-16(17-2)19(3)10-11-21-15-8-6-14(20-4)7-9-15;/h6-9,13H,10-12H2,1-5H3,(H,17,18);1H. The molecule has 1 N–H and O–H groups in total. The average molecular weight is 453 g/mol. The molecule has 0 fully saturated rings. The van der Waals surface area contributed by atoms with Gasteiger partial charge in [0.15, 0.2) is 5.96 Å². The van der Waals surface area contributed by atoms with E-state index in [4.69, 9.17) is 9.47 Å². The van der Waals surface area contributed by atoms with Crippen LogP contribution in [0.3, 0.4) is 0 Å². The van der Waals surface area contributed by atoms with E-state index in [9.17, 15) is 0 Å².